The van der Waals surface area contributed by atoms with Gasteiger partial charge in [-0.3, -0.25) is 0 Å². The Hall–Kier alpha value is -1.56. The molecule has 14 heavy (non-hydrogen) atoms. The molecule has 0 aliphatic rings. The highest BCUT2D eigenvalue weighted by Gasteiger charge is 1.95. The number of rotatable bonds is 3. The second-order valence-corrected chi connectivity index (χ2v) is 3.49. The molecule has 0 nitrogen and oxygen atoms in total. The van der Waals surface area contributed by atoms with Crippen molar-refractivity contribution < 1.29 is 0 Å². The maximum atomic E-state index is 4.03. The molecule has 0 saturated carbocycles. The number of benzene rings is 1. The van der Waals surface area contributed by atoms with Crippen LogP contribution in [0.4, 0.5) is 0 Å². The summed E-state index contributed by atoms with van der Waals surface area (Å²) in [5, 5.41) is 0. The molecule has 0 fully saturated rings. The van der Waals surface area contributed by atoms with Gasteiger partial charge < -0.3 is 0 Å². The van der Waals surface area contributed by atoms with E-state index in [0.29, 0.717) is 0 Å². The summed E-state index contributed by atoms with van der Waals surface area (Å²) in [5.41, 5.74) is 4.60. The van der Waals surface area contributed by atoms with Gasteiger partial charge in [-0.1, -0.05) is 60.7 Å². The van der Waals surface area contributed by atoms with Crippen molar-refractivity contribution in [1.82, 2.24) is 0 Å². The quantitative estimate of drug-likeness (QED) is 0.619. The van der Waals surface area contributed by atoms with Gasteiger partial charge in [0, 0.05) is 0 Å². The standard InChI is InChI=1S/C14H16/c1-5-11(2)9-13(4)14-8-6-7-12(3)10-14/h5-10H,1,4H2,2-3H3/b11-9-. The summed E-state index contributed by atoms with van der Waals surface area (Å²) in [6, 6.07) is 8.34. The van der Waals surface area contributed by atoms with E-state index in [9.17, 15) is 0 Å². The highest BCUT2D eigenvalue weighted by Crippen LogP contribution is 2.16. The number of hydrogen-bond acceptors (Lipinski definition) is 0. The van der Waals surface area contributed by atoms with Crippen LogP contribution in [0, 0.1) is 6.92 Å². The van der Waals surface area contributed by atoms with E-state index in [1.807, 2.05) is 25.1 Å². The zero-order valence-corrected chi connectivity index (χ0v) is 8.88. The van der Waals surface area contributed by atoms with Crippen molar-refractivity contribution in [2.75, 3.05) is 0 Å². The molecule has 0 aliphatic heterocycles. The third kappa shape index (κ3) is 2.74. The van der Waals surface area contributed by atoms with Crippen LogP contribution in [-0.4, -0.2) is 0 Å². The van der Waals surface area contributed by atoms with E-state index in [4.69, 9.17) is 0 Å². The van der Waals surface area contributed by atoms with Crippen molar-refractivity contribution in [3.63, 3.8) is 0 Å². The lowest BCUT2D eigenvalue weighted by atomic mass is 10.0. The van der Waals surface area contributed by atoms with Crippen molar-refractivity contribution in [3.8, 4) is 0 Å². The molecule has 0 N–H and O–H groups in total. The van der Waals surface area contributed by atoms with Crippen LogP contribution in [0.25, 0.3) is 5.57 Å². The van der Waals surface area contributed by atoms with Crippen molar-refractivity contribution in [2.24, 2.45) is 0 Å². The maximum Gasteiger partial charge on any atom is -0.0187 e. The third-order valence-electron chi connectivity index (χ3n) is 2.11. The number of hydrogen-bond donors (Lipinski definition) is 0. The molecule has 0 radical (unpaired) electrons. The van der Waals surface area contributed by atoms with Gasteiger partial charge in [-0.05, 0) is 25.0 Å². The molecule has 0 heteroatoms. The van der Waals surface area contributed by atoms with Gasteiger partial charge in [0.1, 0.15) is 0 Å². The first-order valence-electron chi connectivity index (χ1n) is 4.70. The lowest BCUT2D eigenvalue weighted by Crippen LogP contribution is -1.81. The van der Waals surface area contributed by atoms with Crippen LogP contribution in [0.3, 0.4) is 0 Å². The first-order valence-corrected chi connectivity index (χ1v) is 4.70. The lowest BCUT2D eigenvalue weighted by molar-refractivity contribution is 1.44. The summed E-state index contributed by atoms with van der Waals surface area (Å²) in [7, 11) is 0. The fourth-order valence-corrected chi connectivity index (χ4v) is 1.26. The van der Waals surface area contributed by atoms with E-state index in [1.165, 1.54) is 11.1 Å². The topological polar surface area (TPSA) is 0 Å². The van der Waals surface area contributed by atoms with Crippen LogP contribution in [-0.2, 0) is 0 Å². The third-order valence-corrected chi connectivity index (χ3v) is 2.11. The van der Waals surface area contributed by atoms with Crippen LogP contribution in [0.5, 0.6) is 0 Å². The van der Waals surface area contributed by atoms with Crippen LogP contribution in [0.15, 0.2) is 55.1 Å². The Morgan fingerprint density at radius 1 is 1.36 bits per heavy atom. The first-order chi connectivity index (χ1) is 6.63. The highest BCUT2D eigenvalue weighted by atomic mass is 14.0. The molecule has 1 rings (SSSR count). The molecule has 0 aromatic heterocycles. The van der Waals surface area contributed by atoms with E-state index in [1.54, 1.807) is 0 Å². The van der Waals surface area contributed by atoms with Crippen LogP contribution in [0.1, 0.15) is 18.1 Å². The van der Waals surface area contributed by atoms with Crippen LogP contribution >= 0.6 is 0 Å². The summed E-state index contributed by atoms with van der Waals surface area (Å²) >= 11 is 0. The monoisotopic (exact) mass is 184 g/mol. The Labute approximate surface area is 86.3 Å². The molecule has 0 aliphatic carbocycles. The second-order valence-electron chi connectivity index (χ2n) is 3.49. The van der Waals surface area contributed by atoms with Crippen molar-refractivity contribution >= 4 is 5.57 Å². The highest BCUT2D eigenvalue weighted by molar-refractivity contribution is 5.73. The van der Waals surface area contributed by atoms with Gasteiger partial charge in [0.05, 0.1) is 0 Å². The van der Waals surface area contributed by atoms with Gasteiger partial charge in [-0.2, -0.15) is 0 Å². The molecule has 0 spiro atoms. The van der Waals surface area contributed by atoms with Crippen LogP contribution < -0.4 is 0 Å². The minimum Gasteiger partial charge on any atom is -0.0988 e. The maximum absolute atomic E-state index is 4.03. The smallest absolute Gasteiger partial charge is 0.0187 e. The summed E-state index contributed by atoms with van der Waals surface area (Å²) in [5.74, 6) is 0. The summed E-state index contributed by atoms with van der Waals surface area (Å²) in [4.78, 5) is 0. The molecule has 1 aromatic rings. The molecular formula is C14H16. The predicted octanol–water partition coefficient (Wildman–Crippen LogP) is 4.14. The lowest BCUT2D eigenvalue weighted by Gasteiger charge is -2.02. The largest absolute Gasteiger partial charge is 0.0988 e. The number of allylic oxidation sites excluding steroid dienone is 4. The molecule has 0 atom stereocenters. The Morgan fingerprint density at radius 3 is 2.64 bits per heavy atom. The first kappa shape index (κ1) is 10.5. The average Bonchev–Trinajstić information content (AvgIpc) is 2.17. The summed E-state index contributed by atoms with van der Waals surface area (Å²) < 4.78 is 0. The van der Waals surface area contributed by atoms with E-state index >= 15 is 0 Å². The van der Waals surface area contributed by atoms with Crippen molar-refractivity contribution in [3.05, 3.63) is 66.3 Å². The van der Waals surface area contributed by atoms with Gasteiger partial charge in [-0.25, -0.2) is 0 Å². The molecule has 0 heterocycles. The Kier molecular flexibility index (Phi) is 3.47. The fourth-order valence-electron chi connectivity index (χ4n) is 1.26. The van der Waals surface area contributed by atoms with E-state index in [-0.39, 0.29) is 0 Å². The van der Waals surface area contributed by atoms with Gasteiger partial charge in [-0.15, -0.1) is 0 Å². The predicted molar refractivity (Wildman–Crippen MR) is 64.2 cm³/mol. The van der Waals surface area contributed by atoms with Crippen molar-refractivity contribution in [2.45, 2.75) is 13.8 Å². The second kappa shape index (κ2) is 4.61. The number of aryl methyl sites for hydroxylation is 1. The van der Waals surface area contributed by atoms with Gasteiger partial charge in [0.15, 0.2) is 0 Å². The fraction of sp³-hybridized carbons (Fsp3) is 0.143. The van der Waals surface area contributed by atoms with Crippen molar-refractivity contribution in [1.29, 1.82) is 0 Å². The summed E-state index contributed by atoms with van der Waals surface area (Å²) in [6.45, 7) is 11.9. The Bertz CT molecular complexity index is 381. The molecule has 0 saturated heterocycles. The molecule has 1 aromatic carbocycles. The zero-order chi connectivity index (χ0) is 10.6. The van der Waals surface area contributed by atoms with E-state index in [2.05, 4.69) is 38.3 Å². The Morgan fingerprint density at radius 2 is 2.07 bits per heavy atom. The van der Waals surface area contributed by atoms with Crippen LogP contribution in [0.2, 0.25) is 0 Å². The Balaban J connectivity index is 2.96. The van der Waals surface area contributed by atoms with Gasteiger partial charge in [0.2, 0.25) is 0 Å². The van der Waals surface area contributed by atoms with E-state index < -0.39 is 0 Å². The molecule has 72 valence electrons. The minimum absolute atomic E-state index is 1.03. The zero-order valence-electron chi connectivity index (χ0n) is 8.88. The normalized spacial score (nSPS) is 11.1. The minimum atomic E-state index is 1.03. The molecule has 0 unspecified atom stereocenters. The van der Waals surface area contributed by atoms with Gasteiger partial charge >= 0.3 is 0 Å². The SMILES string of the molecule is C=C/C(C)=C\C(=C)c1cccc(C)c1. The van der Waals surface area contributed by atoms with E-state index in [0.717, 1.165) is 11.1 Å². The van der Waals surface area contributed by atoms with Gasteiger partial charge in [0.25, 0.3) is 0 Å². The average molecular weight is 184 g/mol. The molecular weight excluding hydrogens is 168 g/mol. The summed E-state index contributed by atoms with van der Waals surface area (Å²) in [6.07, 6.45) is 3.88. The molecule has 0 bridgehead atoms. The molecule has 0 amide bonds.